The molecule has 1 heterocycles. The van der Waals surface area contributed by atoms with Crippen LogP contribution in [-0.4, -0.2) is 68.7 Å². The molecule has 1 aromatic carbocycles. The van der Waals surface area contributed by atoms with Crippen LogP contribution in [0.2, 0.25) is 0 Å². The van der Waals surface area contributed by atoms with Crippen LogP contribution in [0.1, 0.15) is 11.1 Å². The first-order valence-corrected chi connectivity index (χ1v) is 8.09. The molecule has 1 fully saturated rings. The summed E-state index contributed by atoms with van der Waals surface area (Å²) in [5, 5.41) is 2.83. The van der Waals surface area contributed by atoms with Crippen molar-refractivity contribution in [2.45, 2.75) is 19.1 Å². The number of nitrogens with one attached hydrogen (secondary N) is 1. The summed E-state index contributed by atoms with van der Waals surface area (Å²) in [6.07, 6.45) is 0. The summed E-state index contributed by atoms with van der Waals surface area (Å²) >= 11 is 0. The average molecular weight is 430 g/mol. The predicted molar refractivity (Wildman–Crippen MR) is 113 cm³/mol. The molecule has 3 N–H and O–H groups in total. The molecular formula is C17H31Cl3N4O2. The van der Waals surface area contributed by atoms with E-state index >= 15 is 0 Å². The van der Waals surface area contributed by atoms with Crippen molar-refractivity contribution >= 4 is 43.1 Å². The number of rotatable bonds is 7. The monoisotopic (exact) mass is 428 g/mol. The van der Waals surface area contributed by atoms with E-state index in [1.165, 1.54) is 12.7 Å². The van der Waals surface area contributed by atoms with Crippen molar-refractivity contribution in [2.75, 3.05) is 46.9 Å². The SMILES string of the molecule is COCC(N)C(=O)NCc1ccc(CN2CCN(C)CC2)cc1.Cl.Cl.Cl. The van der Waals surface area contributed by atoms with E-state index in [1.54, 1.807) is 0 Å². The van der Waals surface area contributed by atoms with Crippen LogP contribution in [0.5, 0.6) is 0 Å². The van der Waals surface area contributed by atoms with Gasteiger partial charge in [-0.1, -0.05) is 24.3 Å². The molecule has 1 aliphatic heterocycles. The summed E-state index contributed by atoms with van der Waals surface area (Å²) in [5.74, 6) is -0.187. The van der Waals surface area contributed by atoms with Gasteiger partial charge in [0.05, 0.1) is 6.61 Å². The lowest BCUT2D eigenvalue weighted by Crippen LogP contribution is -2.43. The number of nitrogens with zero attached hydrogens (tertiary/aromatic N) is 2. The molecule has 1 unspecified atom stereocenters. The number of ether oxygens (including phenoxy) is 1. The van der Waals surface area contributed by atoms with E-state index < -0.39 is 6.04 Å². The first-order valence-electron chi connectivity index (χ1n) is 8.09. The highest BCUT2D eigenvalue weighted by Crippen LogP contribution is 2.09. The van der Waals surface area contributed by atoms with Gasteiger partial charge in [-0.25, -0.2) is 0 Å². The number of benzene rings is 1. The maximum absolute atomic E-state index is 11.7. The highest BCUT2D eigenvalue weighted by atomic mass is 35.5. The van der Waals surface area contributed by atoms with Crippen LogP contribution in [0, 0.1) is 0 Å². The standard InChI is InChI=1S/C17H28N4O2.3ClH/c1-20-7-9-21(10-8-20)12-15-5-3-14(4-6-15)11-19-17(22)16(18)13-23-2;;;/h3-6,16H,7-13,18H2,1-2H3,(H,19,22);3*1H. The molecule has 0 radical (unpaired) electrons. The van der Waals surface area contributed by atoms with Gasteiger partial charge >= 0.3 is 0 Å². The van der Waals surface area contributed by atoms with Crippen LogP contribution >= 0.6 is 37.2 Å². The largest absolute Gasteiger partial charge is 0.383 e. The zero-order valence-corrected chi connectivity index (χ0v) is 17.8. The van der Waals surface area contributed by atoms with E-state index in [4.69, 9.17) is 10.5 Å². The molecule has 26 heavy (non-hydrogen) atoms. The Hall–Kier alpha value is -0.600. The normalized spacial score (nSPS) is 15.8. The third-order valence-electron chi connectivity index (χ3n) is 4.17. The number of carbonyl (C=O) groups is 1. The third kappa shape index (κ3) is 9.37. The van der Waals surface area contributed by atoms with Crippen molar-refractivity contribution in [3.63, 3.8) is 0 Å². The van der Waals surface area contributed by atoms with Crippen LogP contribution < -0.4 is 11.1 Å². The van der Waals surface area contributed by atoms with Crippen molar-refractivity contribution in [1.82, 2.24) is 15.1 Å². The molecule has 2 rings (SSSR count). The fourth-order valence-electron chi connectivity index (χ4n) is 2.60. The van der Waals surface area contributed by atoms with Gasteiger partial charge in [-0.3, -0.25) is 9.69 Å². The fourth-order valence-corrected chi connectivity index (χ4v) is 2.60. The second-order valence-corrected chi connectivity index (χ2v) is 6.18. The Morgan fingerprint density at radius 2 is 1.65 bits per heavy atom. The quantitative estimate of drug-likeness (QED) is 0.683. The van der Waals surface area contributed by atoms with Gasteiger partial charge < -0.3 is 20.7 Å². The number of hydrogen-bond donors (Lipinski definition) is 2. The van der Waals surface area contributed by atoms with E-state index in [0.29, 0.717) is 6.54 Å². The highest BCUT2D eigenvalue weighted by Gasteiger charge is 2.14. The lowest BCUT2D eigenvalue weighted by atomic mass is 10.1. The Balaban J connectivity index is 0. The van der Waals surface area contributed by atoms with Crippen molar-refractivity contribution in [3.8, 4) is 0 Å². The zero-order chi connectivity index (χ0) is 16.7. The Bertz CT molecular complexity index is 497. The number of hydrogen-bond acceptors (Lipinski definition) is 5. The zero-order valence-electron chi connectivity index (χ0n) is 15.3. The number of likely N-dealkylation sites (N-methyl/N-ethyl adjacent to an activating group) is 1. The van der Waals surface area contributed by atoms with Crippen molar-refractivity contribution in [2.24, 2.45) is 5.73 Å². The smallest absolute Gasteiger partial charge is 0.239 e. The minimum absolute atomic E-state index is 0. The minimum atomic E-state index is -0.614. The van der Waals surface area contributed by atoms with E-state index in [2.05, 4.69) is 46.4 Å². The van der Waals surface area contributed by atoms with Crippen molar-refractivity contribution < 1.29 is 9.53 Å². The lowest BCUT2D eigenvalue weighted by Gasteiger charge is -2.32. The summed E-state index contributed by atoms with van der Waals surface area (Å²) in [6, 6.07) is 7.78. The minimum Gasteiger partial charge on any atom is -0.383 e. The van der Waals surface area contributed by atoms with Gasteiger partial charge in [-0.15, -0.1) is 37.2 Å². The van der Waals surface area contributed by atoms with Crippen LogP contribution in [0.15, 0.2) is 24.3 Å². The number of nitrogens with two attached hydrogens (primary N) is 1. The van der Waals surface area contributed by atoms with E-state index in [0.717, 1.165) is 38.3 Å². The van der Waals surface area contributed by atoms with Gasteiger partial charge in [0.1, 0.15) is 6.04 Å². The maximum atomic E-state index is 11.7. The second kappa shape index (κ2) is 14.5. The van der Waals surface area contributed by atoms with E-state index in [1.807, 2.05) is 0 Å². The van der Waals surface area contributed by atoms with Gasteiger partial charge in [0.2, 0.25) is 5.91 Å². The number of carbonyl (C=O) groups excluding carboxylic acids is 1. The molecular weight excluding hydrogens is 399 g/mol. The van der Waals surface area contributed by atoms with E-state index in [-0.39, 0.29) is 49.7 Å². The molecule has 0 saturated carbocycles. The van der Waals surface area contributed by atoms with Crippen LogP contribution in [0.4, 0.5) is 0 Å². The lowest BCUT2D eigenvalue weighted by molar-refractivity contribution is -0.123. The van der Waals surface area contributed by atoms with Gasteiger partial charge in [0.25, 0.3) is 0 Å². The van der Waals surface area contributed by atoms with Gasteiger partial charge in [-0.05, 0) is 18.2 Å². The summed E-state index contributed by atoms with van der Waals surface area (Å²) in [6.45, 7) is 6.20. The Morgan fingerprint density at radius 3 is 2.19 bits per heavy atom. The summed E-state index contributed by atoms with van der Waals surface area (Å²) in [5.41, 5.74) is 8.06. The molecule has 1 saturated heterocycles. The average Bonchev–Trinajstić information content (AvgIpc) is 2.56. The summed E-state index contributed by atoms with van der Waals surface area (Å²) in [7, 11) is 3.70. The molecule has 9 heteroatoms. The van der Waals surface area contributed by atoms with Crippen LogP contribution in [0.3, 0.4) is 0 Å². The van der Waals surface area contributed by atoms with Gasteiger partial charge in [0.15, 0.2) is 0 Å². The van der Waals surface area contributed by atoms with Gasteiger partial charge in [-0.2, -0.15) is 0 Å². The summed E-state index contributed by atoms with van der Waals surface area (Å²) in [4.78, 5) is 16.6. The van der Waals surface area contributed by atoms with Crippen LogP contribution in [-0.2, 0) is 22.6 Å². The molecule has 6 nitrogen and oxygen atoms in total. The third-order valence-corrected chi connectivity index (χ3v) is 4.17. The van der Waals surface area contributed by atoms with Crippen molar-refractivity contribution in [3.05, 3.63) is 35.4 Å². The van der Waals surface area contributed by atoms with Gasteiger partial charge in [0, 0.05) is 46.4 Å². The predicted octanol–water partition coefficient (Wildman–Crippen LogP) is 1.29. The molecule has 1 amide bonds. The number of halogens is 3. The first kappa shape index (κ1) is 27.6. The molecule has 1 aliphatic rings. The summed E-state index contributed by atoms with van der Waals surface area (Å²) < 4.78 is 4.88. The first-order chi connectivity index (χ1) is 11.1. The second-order valence-electron chi connectivity index (χ2n) is 6.18. The number of methoxy groups -OCH3 is 1. The van der Waals surface area contributed by atoms with E-state index in [9.17, 15) is 4.79 Å². The molecule has 1 atom stereocenters. The molecule has 0 aromatic heterocycles. The Labute approximate surface area is 175 Å². The molecule has 0 spiro atoms. The maximum Gasteiger partial charge on any atom is 0.239 e. The Kier molecular flexibility index (Phi) is 15.4. The van der Waals surface area contributed by atoms with Crippen molar-refractivity contribution in [1.29, 1.82) is 0 Å². The van der Waals surface area contributed by atoms with Crippen LogP contribution in [0.25, 0.3) is 0 Å². The topological polar surface area (TPSA) is 70.8 Å². The highest BCUT2D eigenvalue weighted by molar-refractivity contribution is 5.86. The fraction of sp³-hybridized carbons (Fsp3) is 0.588. The number of amides is 1. The molecule has 0 aliphatic carbocycles. The Morgan fingerprint density at radius 1 is 1.12 bits per heavy atom. The molecule has 1 aromatic rings. The number of piperazine rings is 1. The molecule has 152 valence electrons. The molecule has 0 bridgehead atoms.